The van der Waals surface area contributed by atoms with Crippen molar-refractivity contribution < 1.29 is 0 Å². The number of aromatic nitrogens is 2. The van der Waals surface area contributed by atoms with Gasteiger partial charge in [0.2, 0.25) is 5.95 Å². The number of anilines is 1. The van der Waals surface area contributed by atoms with Crippen LogP contribution < -0.4 is 5.32 Å². The number of halogens is 1. The lowest BCUT2D eigenvalue weighted by Crippen LogP contribution is -2.07. The van der Waals surface area contributed by atoms with Crippen LogP contribution in [0.5, 0.6) is 0 Å². The molecule has 3 nitrogen and oxygen atoms in total. The zero-order valence-electron chi connectivity index (χ0n) is 9.65. The normalized spacial score (nSPS) is 22.7. The molecule has 1 aliphatic rings. The fourth-order valence-electron chi connectivity index (χ4n) is 2.00. The van der Waals surface area contributed by atoms with Crippen LogP contribution in [0.4, 0.5) is 5.95 Å². The summed E-state index contributed by atoms with van der Waals surface area (Å²) in [6.07, 6.45) is 3.19. The van der Waals surface area contributed by atoms with E-state index in [0.717, 1.165) is 39.7 Å². The third kappa shape index (κ3) is 2.41. The van der Waals surface area contributed by atoms with E-state index >= 15 is 0 Å². The number of nitrogens with zero attached hydrogens (tertiary/aromatic N) is 2. The molecule has 0 bridgehead atoms. The Balaban J connectivity index is 1.79. The van der Waals surface area contributed by atoms with Crippen molar-refractivity contribution >= 4 is 32.8 Å². The Labute approximate surface area is 109 Å². The van der Waals surface area contributed by atoms with Gasteiger partial charge in [-0.25, -0.2) is 9.97 Å². The first-order valence-electron chi connectivity index (χ1n) is 5.88. The second kappa shape index (κ2) is 4.26. The number of rotatable bonds is 3. The highest BCUT2D eigenvalue weighted by molar-refractivity contribution is 9.10. The average molecular weight is 292 g/mol. The predicted molar refractivity (Wildman–Crippen MR) is 73.0 cm³/mol. The molecule has 1 fully saturated rings. The maximum absolute atomic E-state index is 4.50. The highest BCUT2D eigenvalue weighted by Crippen LogP contribution is 2.37. The molecule has 2 aromatic rings. The van der Waals surface area contributed by atoms with Gasteiger partial charge in [-0.3, -0.25) is 0 Å². The first kappa shape index (κ1) is 11.0. The minimum atomic E-state index is 0.735. The molecule has 4 heteroatoms. The van der Waals surface area contributed by atoms with Crippen LogP contribution in [0.1, 0.15) is 13.3 Å². The molecule has 1 aromatic heterocycles. The van der Waals surface area contributed by atoms with E-state index in [2.05, 4.69) is 38.1 Å². The molecule has 0 saturated heterocycles. The molecular weight excluding hydrogens is 278 g/mol. The molecular formula is C13H14BrN3. The van der Waals surface area contributed by atoms with Crippen molar-refractivity contribution in [1.29, 1.82) is 0 Å². The zero-order chi connectivity index (χ0) is 11.8. The molecule has 2 unspecified atom stereocenters. The van der Waals surface area contributed by atoms with Crippen molar-refractivity contribution in [3.05, 3.63) is 28.9 Å². The summed E-state index contributed by atoms with van der Waals surface area (Å²) in [6.45, 7) is 3.27. The Morgan fingerprint density at radius 2 is 2.29 bits per heavy atom. The largest absolute Gasteiger partial charge is 0.354 e. The molecule has 1 N–H and O–H groups in total. The molecule has 1 heterocycles. The Kier molecular flexibility index (Phi) is 2.74. The minimum absolute atomic E-state index is 0.735. The molecule has 1 aliphatic carbocycles. The molecule has 88 valence electrons. The SMILES string of the molecule is CC1CC1CNc1ncc2cc(Br)ccc2n1. The molecule has 0 radical (unpaired) electrons. The van der Waals surface area contributed by atoms with Gasteiger partial charge in [0.15, 0.2) is 0 Å². The van der Waals surface area contributed by atoms with Gasteiger partial charge in [-0.15, -0.1) is 0 Å². The van der Waals surface area contributed by atoms with Crippen molar-refractivity contribution in [2.45, 2.75) is 13.3 Å². The number of nitrogens with one attached hydrogen (secondary N) is 1. The van der Waals surface area contributed by atoms with E-state index in [4.69, 9.17) is 0 Å². The van der Waals surface area contributed by atoms with Crippen LogP contribution in [0, 0.1) is 11.8 Å². The van der Waals surface area contributed by atoms with Crippen molar-refractivity contribution in [3.63, 3.8) is 0 Å². The third-order valence-corrected chi connectivity index (χ3v) is 3.83. The van der Waals surface area contributed by atoms with Gasteiger partial charge in [-0.1, -0.05) is 22.9 Å². The summed E-state index contributed by atoms with van der Waals surface area (Å²) >= 11 is 3.44. The van der Waals surface area contributed by atoms with Gasteiger partial charge in [0.1, 0.15) is 0 Å². The van der Waals surface area contributed by atoms with Gasteiger partial charge in [0.25, 0.3) is 0 Å². The number of benzene rings is 1. The zero-order valence-corrected chi connectivity index (χ0v) is 11.2. The Hall–Kier alpha value is -1.16. The highest BCUT2D eigenvalue weighted by Gasteiger charge is 2.31. The number of hydrogen-bond donors (Lipinski definition) is 1. The van der Waals surface area contributed by atoms with Crippen LogP contribution in [0.15, 0.2) is 28.9 Å². The molecule has 1 saturated carbocycles. The minimum Gasteiger partial charge on any atom is -0.354 e. The van der Waals surface area contributed by atoms with Crippen LogP contribution in [0.2, 0.25) is 0 Å². The van der Waals surface area contributed by atoms with Gasteiger partial charge < -0.3 is 5.32 Å². The maximum atomic E-state index is 4.50. The van der Waals surface area contributed by atoms with Gasteiger partial charge >= 0.3 is 0 Å². The monoisotopic (exact) mass is 291 g/mol. The van der Waals surface area contributed by atoms with E-state index in [1.165, 1.54) is 6.42 Å². The van der Waals surface area contributed by atoms with E-state index in [-0.39, 0.29) is 0 Å². The van der Waals surface area contributed by atoms with Crippen LogP contribution in [0.25, 0.3) is 10.9 Å². The van der Waals surface area contributed by atoms with Crippen molar-refractivity contribution in [3.8, 4) is 0 Å². The van der Waals surface area contributed by atoms with Gasteiger partial charge in [0.05, 0.1) is 5.52 Å². The summed E-state index contributed by atoms with van der Waals surface area (Å²) in [5.74, 6) is 2.40. The summed E-state index contributed by atoms with van der Waals surface area (Å²) in [6, 6.07) is 6.04. The quantitative estimate of drug-likeness (QED) is 0.941. The average Bonchev–Trinajstić information content (AvgIpc) is 3.03. The fraction of sp³-hybridized carbons (Fsp3) is 0.385. The van der Waals surface area contributed by atoms with Crippen molar-refractivity contribution in [2.24, 2.45) is 11.8 Å². The molecule has 2 atom stereocenters. The van der Waals surface area contributed by atoms with E-state index in [1.807, 2.05) is 24.4 Å². The second-order valence-corrected chi connectivity index (χ2v) is 5.67. The van der Waals surface area contributed by atoms with Crippen LogP contribution in [0.3, 0.4) is 0 Å². The molecule has 3 rings (SSSR count). The summed E-state index contributed by atoms with van der Waals surface area (Å²) in [4.78, 5) is 8.83. The Morgan fingerprint density at radius 3 is 3.06 bits per heavy atom. The molecule has 1 aromatic carbocycles. The summed E-state index contributed by atoms with van der Waals surface area (Å²) < 4.78 is 1.06. The Morgan fingerprint density at radius 1 is 1.47 bits per heavy atom. The molecule has 0 amide bonds. The Bertz CT molecular complexity index is 555. The number of hydrogen-bond acceptors (Lipinski definition) is 3. The molecule has 0 aliphatic heterocycles. The highest BCUT2D eigenvalue weighted by atomic mass is 79.9. The summed E-state index contributed by atoms with van der Waals surface area (Å²) in [5.41, 5.74) is 0.981. The van der Waals surface area contributed by atoms with E-state index in [9.17, 15) is 0 Å². The lowest BCUT2D eigenvalue weighted by Gasteiger charge is -2.05. The second-order valence-electron chi connectivity index (χ2n) is 4.75. The lowest BCUT2D eigenvalue weighted by atomic mass is 10.2. The summed E-state index contributed by atoms with van der Waals surface area (Å²) in [7, 11) is 0. The summed E-state index contributed by atoms with van der Waals surface area (Å²) in [5, 5.41) is 4.37. The number of fused-ring (bicyclic) bond motifs is 1. The van der Waals surface area contributed by atoms with E-state index in [1.54, 1.807) is 0 Å². The lowest BCUT2D eigenvalue weighted by molar-refractivity contribution is 0.781. The smallest absolute Gasteiger partial charge is 0.223 e. The van der Waals surface area contributed by atoms with Crippen LogP contribution in [-0.2, 0) is 0 Å². The maximum Gasteiger partial charge on any atom is 0.223 e. The third-order valence-electron chi connectivity index (χ3n) is 3.34. The first-order chi connectivity index (χ1) is 8.22. The van der Waals surface area contributed by atoms with Crippen molar-refractivity contribution in [2.75, 3.05) is 11.9 Å². The predicted octanol–water partition coefficient (Wildman–Crippen LogP) is 3.46. The van der Waals surface area contributed by atoms with Crippen LogP contribution >= 0.6 is 15.9 Å². The van der Waals surface area contributed by atoms with Crippen molar-refractivity contribution in [1.82, 2.24) is 9.97 Å². The fourth-order valence-corrected chi connectivity index (χ4v) is 2.37. The van der Waals surface area contributed by atoms with Gasteiger partial charge in [0, 0.05) is 22.6 Å². The molecule has 17 heavy (non-hydrogen) atoms. The van der Waals surface area contributed by atoms with Crippen LogP contribution in [-0.4, -0.2) is 16.5 Å². The first-order valence-corrected chi connectivity index (χ1v) is 6.68. The molecule has 0 spiro atoms. The van der Waals surface area contributed by atoms with Gasteiger partial charge in [-0.2, -0.15) is 0 Å². The standard InChI is InChI=1S/C13H14BrN3/c1-8-4-9(8)6-15-13-16-7-10-5-11(14)2-3-12(10)17-13/h2-3,5,7-9H,4,6H2,1H3,(H,15,16,17). The van der Waals surface area contributed by atoms with Gasteiger partial charge in [-0.05, 0) is 36.5 Å². The van der Waals surface area contributed by atoms with E-state index in [0.29, 0.717) is 0 Å². The topological polar surface area (TPSA) is 37.8 Å². The van der Waals surface area contributed by atoms with E-state index < -0.39 is 0 Å².